The molecule has 6 heteroatoms. The van der Waals surface area contributed by atoms with E-state index in [9.17, 15) is 4.39 Å². The standard InChI is InChI=1S/C15H14ClFN4/c1-8(2)21-9(3)19-14-12(21)5-4-10(13(14)17)11-6-7-18-15(16)20-11/h4-8H,1-3H3. The molecule has 108 valence electrons. The third-order valence-electron chi connectivity index (χ3n) is 3.40. The number of rotatable bonds is 2. The highest BCUT2D eigenvalue weighted by atomic mass is 35.5. The number of imidazole rings is 1. The van der Waals surface area contributed by atoms with E-state index >= 15 is 0 Å². The molecule has 21 heavy (non-hydrogen) atoms. The van der Waals surface area contributed by atoms with Gasteiger partial charge >= 0.3 is 0 Å². The Bertz CT molecular complexity index is 826. The number of benzene rings is 1. The first kappa shape index (κ1) is 13.9. The van der Waals surface area contributed by atoms with Crippen molar-refractivity contribution < 1.29 is 4.39 Å². The highest BCUT2D eigenvalue weighted by molar-refractivity contribution is 6.28. The van der Waals surface area contributed by atoms with Crippen LogP contribution in [0.4, 0.5) is 4.39 Å². The van der Waals surface area contributed by atoms with E-state index < -0.39 is 0 Å². The fourth-order valence-corrected chi connectivity index (χ4v) is 2.73. The lowest BCUT2D eigenvalue weighted by molar-refractivity contribution is 0.600. The number of aryl methyl sites for hydroxylation is 1. The molecule has 2 heterocycles. The van der Waals surface area contributed by atoms with Gasteiger partial charge in [-0.25, -0.2) is 19.3 Å². The normalized spacial score (nSPS) is 11.5. The molecular weight excluding hydrogens is 291 g/mol. The topological polar surface area (TPSA) is 43.6 Å². The van der Waals surface area contributed by atoms with Crippen LogP contribution in [-0.2, 0) is 0 Å². The molecule has 0 aliphatic heterocycles. The third-order valence-corrected chi connectivity index (χ3v) is 3.58. The number of hydrogen-bond donors (Lipinski definition) is 0. The quantitative estimate of drug-likeness (QED) is 0.667. The van der Waals surface area contributed by atoms with E-state index in [1.54, 1.807) is 12.1 Å². The van der Waals surface area contributed by atoms with Gasteiger partial charge in [0.05, 0.1) is 11.2 Å². The van der Waals surface area contributed by atoms with Crippen LogP contribution in [0.1, 0.15) is 25.7 Å². The Hall–Kier alpha value is -2.01. The minimum absolute atomic E-state index is 0.0934. The van der Waals surface area contributed by atoms with Gasteiger partial charge in [-0.15, -0.1) is 0 Å². The summed E-state index contributed by atoms with van der Waals surface area (Å²) in [6, 6.07) is 5.41. The fraction of sp³-hybridized carbons (Fsp3) is 0.267. The van der Waals surface area contributed by atoms with E-state index in [2.05, 4.69) is 15.0 Å². The summed E-state index contributed by atoms with van der Waals surface area (Å²) in [5.74, 6) is 0.404. The minimum Gasteiger partial charge on any atom is -0.326 e. The second kappa shape index (κ2) is 5.07. The van der Waals surface area contributed by atoms with Gasteiger partial charge in [-0.3, -0.25) is 0 Å². The molecule has 0 saturated carbocycles. The lowest BCUT2D eigenvalue weighted by Crippen LogP contribution is -2.02. The van der Waals surface area contributed by atoms with Crippen molar-refractivity contribution in [3.63, 3.8) is 0 Å². The fourth-order valence-electron chi connectivity index (χ4n) is 2.58. The van der Waals surface area contributed by atoms with E-state index in [0.29, 0.717) is 16.8 Å². The molecule has 1 aromatic carbocycles. The Labute approximate surface area is 126 Å². The van der Waals surface area contributed by atoms with Crippen LogP contribution < -0.4 is 0 Å². The van der Waals surface area contributed by atoms with Crippen LogP contribution in [0, 0.1) is 12.7 Å². The largest absolute Gasteiger partial charge is 0.326 e. The van der Waals surface area contributed by atoms with Crippen molar-refractivity contribution in [1.82, 2.24) is 19.5 Å². The predicted octanol–water partition coefficient (Wildman–Crippen LogP) is 4.18. The SMILES string of the molecule is Cc1nc2c(F)c(-c3ccnc(Cl)n3)ccc2n1C(C)C. The minimum atomic E-state index is -0.384. The van der Waals surface area contributed by atoms with Crippen molar-refractivity contribution in [3.8, 4) is 11.3 Å². The van der Waals surface area contributed by atoms with Gasteiger partial charge in [0, 0.05) is 17.8 Å². The van der Waals surface area contributed by atoms with Gasteiger partial charge in [-0.2, -0.15) is 0 Å². The van der Waals surface area contributed by atoms with Gasteiger partial charge < -0.3 is 4.57 Å². The Balaban J connectivity index is 2.26. The molecular formula is C15H14ClFN4. The molecule has 0 amide bonds. The molecule has 4 nitrogen and oxygen atoms in total. The van der Waals surface area contributed by atoms with E-state index in [1.807, 2.05) is 31.4 Å². The van der Waals surface area contributed by atoms with Gasteiger partial charge in [0.15, 0.2) is 5.82 Å². The zero-order valence-electron chi connectivity index (χ0n) is 11.9. The van der Waals surface area contributed by atoms with Crippen LogP contribution in [0.2, 0.25) is 5.28 Å². The molecule has 0 radical (unpaired) electrons. The first-order valence-electron chi connectivity index (χ1n) is 6.65. The van der Waals surface area contributed by atoms with Crippen LogP contribution in [0.3, 0.4) is 0 Å². The summed E-state index contributed by atoms with van der Waals surface area (Å²) < 4.78 is 16.8. The smallest absolute Gasteiger partial charge is 0.222 e. The van der Waals surface area contributed by atoms with Gasteiger partial charge in [-0.05, 0) is 50.6 Å². The van der Waals surface area contributed by atoms with Gasteiger partial charge in [0.1, 0.15) is 11.3 Å². The number of halogens is 2. The Morgan fingerprint density at radius 2 is 1.95 bits per heavy atom. The maximum absolute atomic E-state index is 14.8. The molecule has 0 bridgehead atoms. The molecule has 0 aliphatic rings. The number of aromatic nitrogens is 4. The monoisotopic (exact) mass is 304 g/mol. The van der Waals surface area contributed by atoms with Crippen molar-refractivity contribution in [2.75, 3.05) is 0 Å². The van der Waals surface area contributed by atoms with Crippen molar-refractivity contribution in [2.24, 2.45) is 0 Å². The van der Waals surface area contributed by atoms with Crippen LogP contribution in [0.15, 0.2) is 24.4 Å². The molecule has 3 rings (SSSR count). The molecule has 3 aromatic rings. The number of nitrogens with zero attached hydrogens (tertiary/aromatic N) is 4. The lowest BCUT2D eigenvalue weighted by atomic mass is 10.1. The number of hydrogen-bond acceptors (Lipinski definition) is 3. The zero-order valence-corrected chi connectivity index (χ0v) is 12.7. The number of fused-ring (bicyclic) bond motifs is 1. The van der Waals surface area contributed by atoms with Crippen molar-refractivity contribution in [1.29, 1.82) is 0 Å². The van der Waals surface area contributed by atoms with E-state index in [1.165, 1.54) is 6.20 Å². The Morgan fingerprint density at radius 1 is 1.19 bits per heavy atom. The van der Waals surface area contributed by atoms with Crippen molar-refractivity contribution in [3.05, 3.63) is 41.3 Å². The van der Waals surface area contributed by atoms with E-state index in [-0.39, 0.29) is 17.1 Å². The predicted molar refractivity (Wildman–Crippen MR) is 80.8 cm³/mol. The molecule has 0 spiro atoms. The van der Waals surface area contributed by atoms with Gasteiger partial charge in [0.25, 0.3) is 0 Å². The highest BCUT2D eigenvalue weighted by Crippen LogP contribution is 2.29. The summed E-state index contributed by atoms with van der Waals surface area (Å²) in [5, 5.41) is 0.0934. The van der Waals surface area contributed by atoms with E-state index in [4.69, 9.17) is 11.6 Å². The first-order chi connectivity index (χ1) is 9.99. The van der Waals surface area contributed by atoms with Crippen LogP contribution in [-0.4, -0.2) is 19.5 Å². The average Bonchev–Trinajstić information content (AvgIpc) is 2.76. The molecule has 0 unspecified atom stereocenters. The highest BCUT2D eigenvalue weighted by Gasteiger charge is 2.17. The third kappa shape index (κ3) is 2.27. The molecule has 0 aliphatic carbocycles. The van der Waals surface area contributed by atoms with Crippen molar-refractivity contribution >= 4 is 22.6 Å². The summed E-state index contributed by atoms with van der Waals surface area (Å²) in [6.45, 7) is 5.97. The Kier molecular flexibility index (Phi) is 3.37. The second-order valence-electron chi connectivity index (χ2n) is 5.13. The van der Waals surface area contributed by atoms with Crippen molar-refractivity contribution in [2.45, 2.75) is 26.8 Å². The van der Waals surface area contributed by atoms with Gasteiger partial charge in [-0.1, -0.05) is 0 Å². The Morgan fingerprint density at radius 3 is 2.62 bits per heavy atom. The van der Waals surface area contributed by atoms with Crippen LogP contribution in [0.25, 0.3) is 22.3 Å². The summed E-state index contributed by atoms with van der Waals surface area (Å²) >= 11 is 5.77. The second-order valence-corrected chi connectivity index (χ2v) is 5.47. The van der Waals surface area contributed by atoms with Crippen LogP contribution in [0.5, 0.6) is 0 Å². The van der Waals surface area contributed by atoms with Crippen LogP contribution >= 0.6 is 11.6 Å². The summed E-state index contributed by atoms with van der Waals surface area (Å²) in [7, 11) is 0. The maximum atomic E-state index is 14.8. The molecule has 0 saturated heterocycles. The molecule has 0 N–H and O–H groups in total. The maximum Gasteiger partial charge on any atom is 0.222 e. The molecule has 0 fully saturated rings. The van der Waals surface area contributed by atoms with Gasteiger partial charge in [0.2, 0.25) is 5.28 Å². The zero-order chi connectivity index (χ0) is 15.1. The molecule has 2 aromatic heterocycles. The van der Waals surface area contributed by atoms with E-state index in [0.717, 1.165) is 11.3 Å². The summed E-state index contributed by atoms with van der Waals surface area (Å²) in [4.78, 5) is 12.2. The lowest BCUT2D eigenvalue weighted by Gasteiger charge is -2.11. The average molecular weight is 305 g/mol. The molecule has 0 atom stereocenters. The first-order valence-corrected chi connectivity index (χ1v) is 7.02. The summed E-state index contributed by atoms with van der Waals surface area (Å²) in [5.41, 5.74) is 1.96. The summed E-state index contributed by atoms with van der Waals surface area (Å²) in [6.07, 6.45) is 1.51.